The minimum Gasteiger partial charge on any atom is -0.465 e. The molecule has 31 heavy (non-hydrogen) atoms. The number of carbonyl (C=O) groups excluding carboxylic acids is 1. The molecule has 12 heteroatoms. The van der Waals surface area contributed by atoms with Crippen LogP contribution in [0, 0.1) is 10.1 Å². The Balaban J connectivity index is 1.61. The van der Waals surface area contributed by atoms with Gasteiger partial charge in [-0.05, 0) is 32.9 Å². The first-order valence-corrected chi connectivity index (χ1v) is 9.38. The van der Waals surface area contributed by atoms with Crippen molar-refractivity contribution < 1.29 is 33.8 Å². The Kier molecular flexibility index (Phi) is 6.11. The number of carboxylic acid groups (broad SMARTS) is 1. The molecule has 0 unspecified atom stereocenters. The molecule has 1 aliphatic heterocycles. The molecule has 1 amide bonds. The second kappa shape index (κ2) is 8.60. The van der Waals surface area contributed by atoms with Crippen molar-refractivity contribution in [2.24, 2.45) is 0 Å². The minimum atomic E-state index is -1.21. The van der Waals surface area contributed by atoms with Crippen molar-refractivity contribution in [1.82, 2.24) is 9.78 Å². The van der Waals surface area contributed by atoms with E-state index in [0.717, 1.165) is 0 Å². The van der Waals surface area contributed by atoms with E-state index in [1.54, 1.807) is 10.7 Å². The molecule has 2 aromatic rings. The van der Waals surface area contributed by atoms with Crippen LogP contribution in [-0.2, 0) is 15.0 Å². The van der Waals surface area contributed by atoms with Gasteiger partial charge in [0, 0.05) is 24.6 Å². The van der Waals surface area contributed by atoms with Crippen LogP contribution >= 0.6 is 0 Å². The van der Waals surface area contributed by atoms with Gasteiger partial charge < -0.3 is 19.3 Å². The van der Waals surface area contributed by atoms with Crippen molar-refractivity contribution in [3.63, 3.8) is 0 Å². The van der Waals surface area contributed by atoms with Crippen molar-refractivity contribution in [3.8, 4) is 5.75 Å². The Bertz CT molecular complexity index is 980. The second-order valence-electron chi connectivity index (χ2n) is 7.87. The number of rotatable bonds is 5. The number of hydrogen-bond acceptors (Lipinski definition) is 8. The summed E-state index contributed by atoms with van der Waals surface area (Å²) in [7, 11) is 0. The first-order chi connectivity index (χ1) is 14.5. The third-order valence-electron chi connectivity index (χ3n) is 4.40. The van der Waals surface area contributed by atoms with Crippen LogP contribution in [0.1, 0.15) is 39.0 Å². The summed E-state index contributed by atoms with van der Waals surface area (Å²) in [6.07, 6.45) is -2.94. The number of carbonyl (C=O) groups is 2. The standard InChI is InChI=1S/C19H22N4O8/c1-19(2,3)22-16(20-17(24)25)9-14(21-22)15-8-13(10-29-15)31-18(26)30-12-6-4-11(5-7-12)23(27)28/h4-7,9,13,15,20H,8,10H2,1-3H3,(H,24,25)/t13-,15-/m1/s1. The predicted molar refractivity (Wildman–Crippen MR) is 106 cm³/mol. The van der Waals surface area contributed by atoms with Crippen molar-refractivity contribution >= 4 is 23.8 Å². The second-order valence-corrected chi connectivity index (χ2v) is 7.87. The Morgan fingerprint density at radius 2 is 2.00 bits per heavy atom. The highest BCUT2D eigenvalue weighted by molar-refractivity contribution is 5.81. The van der Waals surface area contributed by atoms with Gasteiger partial charge in [-0.3, -0.25) is 15.4 Å². The molecule has 2 N–H and O–H groups in total. The number of nitrogens with one attached hydrogen (secondary N) is 1. The molecule has 0 bridgehead atoms. The Morgan fingerprint density at radius 1 is 1.32 bits per heavy atom. The fourth-order valence-electron chi connectivity index (χ4n) is 3.05. The summed E-state index contributed by atoms with van der Waals surface area (Å²) < 4.78 is 17.5. The van der Waals surface area contributed by atoms with E-state index in [1.807, 2.05) is 20.8 Å². The third kappa shape index (κ3) is 5.48. The Labute approximate surface area is 176 Å². The van der Waals surface area contributed by atoms with E-state index < -0.39 is 34.9 Å². The lowest BCUT2D eigenvalue weighted by Gasteiger charge is -2.21. The number of aromatic nitrogens is 2. The van der Waals surface area contributed by atoms with Gasteiger partial charge in [-0.15, -0.1) is 0 Å². The summed E-state index contributed by atoms with van der Waals surface area (Å²) in [6.45, 7) is 5.76. The molecule has 1 saturated heterocycles. The highest BCUT2D eigenvalue weighted by Gasteiger charge is 2.33. The Hall–Kier alpha value is -3.67. The number of benzene rings is 1. The van der Waals surface area contributed by atoms with E-state index in [9.17, 15) is 19.7 Å². The summed E-state index contributed by atoms with van der Waals surface area (Å²) in [4.78, 5) is 33.2. The number of nitrogens with zero attached hydrogens (tertiary/aromatic N) is 3. The largest absolute Gasteiger partial charge is 0.514 e. The van der Waals surface area contributed by atoms with Crippen LogP contribution < -0.4 is 10.1 Å². The van der Waals surface area contributed by atoms with Crippen LogP contribution in [0.25, 0.3) is 0 Å². The average Bonchev–Trinajstić information content (AvgIpc) is 3.28. The maximum Gasteiger partial charge on any atom is 0.514 e. The molecular formula is C19H22N4O8. The van der Waals surface area contributed by atoms with Crippen molar-refractivity contribution in [3.05, 3.63) is 46.1 Å². The van der Waals surface area contributed by atoms with E-state index >= 15 is 0 Å². The molecule has 2 atom stereocenters. The maximum atomic E-state index is 12.0. The van der Waals surface area contributed by atoms with Crippen LogP contribution in [-0.4, -0.2) is 44.8 Å². The van der Waals surface area contributed by atoms with Gasteiger partial charge in [0.2, 0.25) is 0 Å². The topological polar surface area (TPSA) is 155 Å². The first kappa shape index (κ1) is 22.0. The van der Waals surface area contributed by atoms with Gasteiger partial charge in [-0.25, -0.2) is 14.3 Å². The molecule has 1 aromatic carbocycles. The Morgan fingerprint density at radius 3 is 2.58 bits per heavy atom. The number of non-ortho nitro benzene ring substituents is 1. The van der Waals surface area contributed by atoms with Gasteiger partial charge >= 0.3 is 12.2 Å². The molecule has 166 valence electrons. The number of nitro groups is 1. The maximum absolute atomic E-state index is 12.0. The van der Waals surface area contributed by atoms with Gasteiger partial charge in [-0.2, -0.15) is 5.10 Å². The molecule has 0 aliphatic carbocycles. The quantitative estimate of drug-likeness (QED) is 0.310. The normalized spacial score (nSPS) is 18.4. The van der Waals surface area contributed by atoms with Crippen molar-refractivity contribution in [1.29, 1.82) is 0 Å². The van der Waals surface area contributed by atoms with Crippen molar-refractivity contribution in [2.45, 2.75) is 44.9 Å². The number of anilines is 1. The average molecular weight is 434 g/mol. The number of hydrogen-bond donors (Lipinski definition) is 2. The van der Waals surface area contributed by atoms with Gasteiger partial charge in [-0.1, -0.05) is 0 Å². The lowest BCUT2D eigenvalue weighted by atomic mass is 10.1. The molecule has 1 aromatic heterocycles. The number of ether oxygens (including phenoxy) is 3. The van der Waals surface area contributed by atoms with Gasteiger partial charge in [0.25, 0.3) is 5.69 Å². The molecule has 1 aliphatic rings. The van der Waals surface area contributed by atoms with Crippen LogP contribution in [0.2, 0.25) is 0 Å². The van der Waals surface area contributed by atoms with E-state index in [1.165, 1.54) is 24.3 Å². The molecule has 3 rings (SSSR count). The van der Waals surface area contributed by atoms with Crippen LogP contribution in [0.3, 0.4) is 0 Å². The molecule has 0 spiro atoms. The van der Waals surface area contributed by atoms with Crippen LogP contribution in [0.15, 0.2) is 30.3 Å². The molecule has 0 saturated carbocycles. The molecule has 12 nitrogen and oxygen atoms in total. The third-order valence-corrected chi connectivity index (χ3v) is 4.40. The highest BCUT2D eigenvalue weighted by atomic mass is 16.7. The SMILES string of the molecule is CC(C)(C)n1nc([C@H]2C[C@@H](OC(=O)Oc3ccc([N+](=O)[O-])cc3)CO2)cc1NC(=O)O. The van der Waals surface area contributed by atoms with Gasteiger partial charge in [0.05, 0.1) is 22.8 Å². The van der Waals surface area contributed by atoms with E-state index in [-0.39, 0.29) is 18.0 Å². The molecule has 0 radical (unpaired) electrons. The number of amides is 1. The monoisotopic (exact) mass is 434 g/mol. The zero-order valence-electron chi connectivity index (χ0n) is 17.1. The summed E-state index contributed by atoms with van der Waals surface area (Å²) in [6, 6.07) is 6.60. The summed E-state index contributed by atoms with van der Waals surface area (Å²) in [5, 5.41) is 26.5. The van der Waals surface area contributed by atoms with E-state index in [2.05, 4.69) is 10.4 Å². The van der Waals surface area contributed by atoms with E-state index in [0.29, 0.717) is 17.9 Å². The molecule has 2 heterocycles. The van der Waals surface area contributed by atoms with Crippen molar-refractivity contribution in [2.75, 3.05) is 11.9 Å². The fourth-order valence-corrected chi connectivity index (χ4v) is 3.05. The zero-order chi connectivity index (χ0) is 22.8. The lowest BCUT2D eigenvalue weighted by molar-refractivity contribution is -0.384. The number of nitro benzene ring substituents is 1. The van der Waals surface area contributed by atoms with Gasteiger partial charge in [0.15, 0.2) is 0 Å². The fraction of sp³-hybridized carbons (Fsp3) is 0.421. The summed E-state index contributed by atoms with van der Waals surface area (Å²) in [5.41, 5.74) is -0.0910. The van der Waals surface area contributed by atoms with Crippen LogP contribution in [0.4, 0.5) is 21.1 Å². The summed E-state index contributed by atoms with van der Waals surface area (Å²) >= 11 is 0. The lowest BCUT2D eigenvalue weighted by Crippen LogP contribution is -2.26. The predicted octanol–water partition coefficient (Wildman–Crippen LogP) is 3.68. The first-order valence-electron chi connectivity index (χ1n) is 9.38. The molecular weight excluding hydrogens is 412 g/mol. The highest BCUT2D eigenvalue weighted by Crippen LogP contribution is 2.33. The van der Waals surface area contributed by atoms with E-state index in [4.69, 9.17) is 19.3 Å². The van der Waals surface area contributed by atoms with Crippen LogP contribution in [0.5, 0.6) is 5.75 Å². The smallest absolute Gasteiger partial charge is 0.465 e. The zero-order valence-corrected chi connectivity index (χ0v) is 17.1. The molecule has 1 fully saturated rings. The van der Waals surface area contributed by atoms with Gasteiger partial charge in [0.1, 0.15) is 23.8 Å². The minimum absolute atomic E-state index is 0.111. The summed E-state index contributed by atoms with van der Waals surface area (Å²) in [5.74, 6) is 0.417.